The number of halogens is 1. The summed E-state index contributed by atoms with van der Waals surface area (Å²) in [6, 6.07) is 13.6. The zero-order valence-electron chi connectivity index (χ0n) is 11.8. The molecule has 2 N–H and O–H groups in total. The molecule has 2 rings (SSSR count). The highest BCUT2D eigenvalue weighted by molar-refractivity contribution is 9.10. The molecule has 1 amide bonds. The summed E-state index contributed by atoms with van der Waals surface area (Å²) in [5, 5.41) is 5.65. The van der Waals surface area contributed by atoms with Crippen LogP contribution in [0, 0.1) is 0 Å². The molecule has 0 aliphatic carbocycles. The minimum Gasteiger partial charge on any atom is -0.376 e. The largest absolute Gasteiger partial charge is 0.376 e. The van der Waals surface area contributed by atoms with Crippen LogP contribution in [0.15, 0.2) is 57.9 Å². The van der Waals surface area contributed by atoms with Crippen molar-refractivity contribution in [2.45, 2.75) is 4.90 Å². The Kier molecular flexibility index (Phi) is 5.20. The fraction of sp³-hybridized carbons (Fsp3) is 0.133. The van der Waals surface area contributed by atoms with Gasteiger partial charge in [0.15, 0.2) is 9.84 Å². The molecule has 0 fully saturated rings. The van der Waals surface area contributed by atoms with Gasteiger partial charge in [-0.05, 0) is 42.5 Å². The van der Waals surface area contributed by atoms with Crippen LogP contribution in [-0.4, -0.2) is 27.1 Å². The molecule has 2 aromatic rings. The first-order valence-corrected chi connectivity index (χ1v) is 9.12. The monoisotopic (exact) mass is 382 g/mol. The molecule has 0 heterocycles. The van der Waals surface area contributed by atoms with Crippen molar-refractivity contribution in [3.8, 4) is 0 Å². The summed E-state index contributed by atoms with van der Waals surface area (Å²) in [4.78, 5) is 12.1. The predicted octanol–water partition coefficient (Wildman–Crippen LogP) is 2.90. The standard InChI is InChI=1S/C15H15BrN2O3S/c1-22(20,21)14-4-2-3-13(9-14)17-10-15(19)18-12-7-5-11(16)6-8-12/h2-9,17H,10H2,1H3,(H,18,19). The Bertz CT molecular complexity index is 774. The van der Waals surface area contributed by atoms with E-state index in [0.29, 0.717) is 11.4 Å². The summed E-state index contributed by atoms with van der Waals surface area (Å²) in [6.07, 6.45) is 1.15. The molecule has 5 nitrogen and oxygen atoms in total. The van der Waals surface area contributed by atoms with Gasteiger partial charge >= 0.3 is 0 Å². The van der Waals surface area contributed by atoms with E-state index in [9.17, 15) is 13.2 Å². The summed E-state index contributed by atoms with van der Waals surface area (Å²) in [5.74, 6) is -0.216. The van der Waals surface area contributed by atoms with E-state index in [1.165, 1.54) is 12.1 Å². The van der Waals surface area contributed by atoms with Crippen LogP contribution >= 0.6 is 15.9 Å². The van der Waals surface area contributed by atoms with E-state index >= 15 is 0 Å². The maximum Gasteiger partial charge on any atom is 0.243 e. The van der Waals surface area contributed by atoms with Gasteiger partial charge < -0.3 is 10.6 Å². The van der Waals surface area contributed by atoms with E-state index in [4.69, 9.17) is 0 Å². The molecular formula is C15H15BrN2O3S. The summed E-state index contributed by atoms with van der Waals surface area (Å²) < 4.78 is 23.9. The van der Waals surface area contributed by atoms with Crippen LogP contribution in [0.5, 0.6) is 0 Å². The van der Waals surface area contributed by atoms with Crippen LogP contribution in [0.25, 0.3) is 0 Å². The smallest absolute Gasteiger partial charge is 0.243 e. The van der Waals surface area contributed by atoms with Gasteiger partial charge in [-0.1, -0.05) is 22.0 Å². The molecule has 0 aromatic heterocycles. The minimum atomic E-state index is -3.26. The van der Waals surface area contributed by atoms with Crippen LogP contribution in [0.2, 0.25) is 0 Å². The molecule has 22 heavy (non-hydrogen) atoms. The lowest BCUT2D eigenvalue weighted by Crippen LogP contribution is -2.21. The summed E-state index contributed by atoms with van der Waals surface area (Å²) in [7, 11) is -3.26. The first-order valence-electron chi connectivity index (χ1n) is 6.44. The van der Waals surface area contributed by atoms with Gasteiger partial charge in [-0.3, -0.25) is 4.79 Å². The van der Waals surface area contributed by atoms with Crippen LogP contribution < -0.4 is 10.6 Å². The van der Waals surface area contributed by atoms with E-state index in [-0.39, 0.29) is 17.3 Å². The van der Waals surface area contributed by atoms with Crippen molar-refractivity contribution in [1.29, 1.82) is 0 Å². The van der Waals surface area contributed by atoms with E-state index in [1.807, 2.05) is 12.1 Å². The van der Waals surface area contributed by atoms with Gasteiger partial charge in [0, 0.05) is 22.1 Å². The van der Waals surface area contributed by atoms with Crippen molar-refractivity contribution in [3.63, 3.8) is 0 Å². The second-order valence-electron chi connectivity index (χ2n) is 4.71. The van der Waals surface area contributed by atoms with Crippen molar-refractivity contribution < 1.29 is 13.2 Å². The van der Waals surface area contributed by atoms with E-state index in [2.05, 4.69) is 26.6 Å². The van der Waals surface area contributed by atoms with Gasteiger partial charge in [0.1, 0.15) is 0 Å². The third-order valence-electron chi connectivity index (χ3n) is 2.84. The zero-order valence-corrected chi connectivity index (χ0v) is 14.2. The lowest BCUT2D eigenvalue weighted by atomic mass is 10.3. The highest BCUT2D eigenvalue weighted by Gasteiger charge is 2.08. The molecule has 116 valence electrons. The van der Waals surface area contributed by atoms with Crippen LogP contribution in [0.1, 0.15) is 0 Å². The van der Waals surface area contributed by atoms with Crippen LogP contribution in [0.3, 0.4) is 0 Å². The quantitative estimate of drug-likeness (QED) is 0.833. The number of rotatable bonds is 5. The molecule has 0 saturated carbocycles. The molecule has 2 aromatic carbocycles. The molecule has 0 spiro atoms. The first kappa shape index (κ1) is 16.5. The Morgan fingerprint density at radius 2 is 1.77 bits per heavy atom. The Labute approximate surface area is 137 Å². The maximum atomic E-state index is 11.8. The SMILES string of the molecule is CS(=O)(=O)c1cccc(NCC(=O)Nc2ccc(Br)cc2)c1. The topological polar surface area (TPSA) is 75.3 Å². The normalized spacial score (nSPS) is 11.0. The van der Waals surface area contributed by atoms with Gasteiger partial charge in [-0.15, -0.1) is 0 Å². The second kappa shape index (κ2) is 6.93. The molecule has 7 heteroatoms. The molecule has 0 radical (unpaired) electrons. The number of benzene rings is 2. The fourth-order valence-corrected chi connectivity index (χ4v) is 2.69. The number of carbonyl (C=O) groups is 1. The maximum absolute atomic E-state index is 11.8. The number of carbonyl (C=O) groups excluding carboxylic acids is 1. The lowest BCUT2D eigenvalue weighted by Gasteiger charge is -2.09. The van der Waals surface area contributed by atoms with Crippen molar-refractivity contribution in [2.75, 3.05) is 23.4 Å². The number of amides is 1. The third kappa shape index (κ3) is 4.85. The molecular weight excluding hydrogens is 368 g/mol. The number of nitrogens with one attached hydrogen (secondary N) is 2. The van der Waals surface area contributed by atoms with Crippen molar-refractivity contribution in [1.82, 2.24) is 0 Å². The molecule has 0 bridgehead atoms. The molecule has 0 unspecified atom stereocenters. The van der Waals surface area contributed by atoms with Crippen LogP contribution in [-0.2, 0) is 14.6 Å². The van der Waals surface area contributed by atoms with Crippen LogP contribution in [0.4, 0.5) is 11.4 Å². The van der Waals surface area contributed by atoms with Crippen molar-refractivity contribution in [2.24, 2.45) is 0 Å². The van der Waals surface area contributed by atoms with Gasteiger partial charge in [0.2, 0.25) is 5.91 Å². The second-order valence-corrected chi connectivity index (χ2v) is 7.64. The Balaban J connectivity index is 1.95. The van der Waals surface area contributed by atoms with Gasteiger partial charge in [0.25, 0.3) is 0 Å². The average Bonchev–Trinajstić information content (AvgIpc) is 2.47. The van der Waals surface area contributed by atoms with Crippen molar-refractivity contribution in [3.05, 3.63) is 53.0 Å². The fourth-order valence-electron chi connectivity index (χ4n) is 1.76. The average molecular weight is 383 g/mol. The predicted molar refractivity (Wildman–Crippen MR) is 90.8 cm³/mol. The first-order chi connectivity index (χ1) is 10.3. The molecule has 0 aliphatic rings. The van der Waals surface area contributed by atoms with Gasteiger partial charge in [-0.2, -0.15) is 0 Å². The van der Waals surface area contributed by atoms with Gasteiger partial charge in [0.05, 0.1) is 11.4 Å². The van der Waals surface area contributed by atoms with E-state index in [0.717, 1.165) is 10.7 Å². The lowest BCUT2D eigenvalue weighted by molar-refractivity contribution is -0.114. The Hall–Kier alpha value is -1.86. The summed E-state index contributed by atoms with van der Waals surface area (Å²) in [6.45, 7) is 0.0449. The minimum absolute atomic E-state index is 0.0449. The molecule has 0 aliphatic heterocycles. The number of hydrogen-bond donors (Lipinski definition) is 2. The Morgan fingerprint density at radius 1 is 1.09 bits per heavy atom. The highest BCUT2D eigenvalue weighted by Crippen LogP contribution is 2.16. The number of anilines is 2. The molecule has 0 saturated heterocycles. The number of sulfone groups is 1. The summed E-state index contributed by atoms with van der Waals surface area (Å²) >= 11 is 3.32. The van der Waals surface area contributed by atoms with Gasteiger partial charge in [-0.25, -0.2) is 8.42 Å². The summed E-state index contributed by atoms with van der Waals surface area (Å²) in [5.41, 5.74) is 1.27. The van der Waals surface area contributed by atoms with Crippen molar-refractivity contribution >= 4 is 43.0 Å². The third-order valence-corrected chi connectivity index (χ3v) is 4.48. The van der Waals surface area contributed by atoms with E-state index in [1.54, 1.807) is 24.3 Å². The zero-order chi connectivity index (χ0) is 16.2. The molecule has 0 atom stereocenters. The van der Waals surface area contributed by atoms with E-state index < -0.39 is 9.84 Å². The number of hydrogen-bond acceptors (Lipinski definition) is 4. The Morgan fingerprint density at radius 3 is 2.41 bits per heavy atom. The highest BCUT2D eigenvalue weighted by atomic mass is 79.9.